The summed E-state index contributed by atoms with van der Waals surface area (Å²) in [6.07, 6.45) is 2.00. The molecule has 6 rings (SSSR count). The van der Waals surface area contributed by atoms with Crippen molar-refractivity contribution in [3.63, 3.8) is 0 Å². The molecule has 5 aromatic rings. The Morgan fingerprint density at radius 1 is 0.938 bits per heavy atom. The fourth-order valence-corrected chi connectivity index (χ4v) is 4.38. The molecule has 0 bridgehead atoms. The molecule has 156 valence electrons. The molecule has 1 aliphatic rings. The summed E-state index contributed by atoms with van der Waals surface area (Å²) >= 11 is 0. The zero-order valence-corrected chi connectivity index (χ0v) is 17.2. The molecule has 6 heteroatoms. The number of aromatic nitrogens is 2. The van der Waals surface area contributed by atoms with Crippen molar-refractivity contribution in [2.45, 2.75) is 12.8 Å². The van der Waals surface area contributed by atoms with Gasteiger partial charge in [0.2, 0.25) is 0 Å². The highest BCUT2D eigenvalue weighted by Gasteiger charge is 2.25. The summed E-state index contributed by atoms with van der Waals surface area (Å²) in [6, 6.07) is 23.0. The lowest BCUT2D eigenvalue weighted by Crippen LogP contribution is -2.26. The van der Waals surface area contributed by atoms with Crippen molar-refractivity contribution in [3.8, 4) is 11.5 Å². The number of benzene rings is 3. The van der Waals surface area contributed by atoms with E-state index in [2.05, 4.69) is 17.0 Å². The predicted octanol–water partition coefficient (Wildman–Crippen LogP) is 5.83. The first-order chi connectivity index (χ1) is 15.7. The van der Waals surface area contributed by atoms with E-state index in [4.69, 9.17) is 14.4 Å². The van der Waals surface area contributed by atoms with Gasteiger partial charge in [0.25, 0.3) is 0 Å². The van der Waals surface area contributed by atoms with E-state index in [1.54, 1.807) is 18.2 Å². The van der Waals surface area contributed by atoms with Gasteiger partial charge in [-0.25, -0.2) is 14.8 Å². The van der Waals surface area contributed by atoms with Crippen molar-refractivity contribution in [3.05, 3.63) is 83.9 Å². The van der Waals surface area contributed by atoms with Crippen LogP contribution in [0.15, 0.2) is 77.2 Å². The van der Waals surface area contributed by atoms with Gasteiger partial charge in [0.15, 0.2) is 11.6 Å². The second-order valence-corrected chi connectivity index (χ2v) is 7.94. The Balaban J connectivity index is 1.62. The Morgan fingerprint density at radius 2 is 1.78 bits per heavy atom. The standard InChI is InChI=1S/C26H19N3O3/c30-26(31)18-11-12-19-20(14-18)28-25(29-13-5-8-16-6-1-3-9-21(16)29)24(27-19)23-15-17-7-2-4-10-22(17)32-23/h1-4,6-7,9-12,14-15H,5,8,13H2,(H,30,31). The Labute approximate surface area is 183 Å². The number of anilines is 2. The topological polar surface area (TPSA) is 79.5 Å². The molecule has 32 heavy (non-hydrogen) atoms. The highest BCUT2D eigenvalue weighted by Crippen LogP contribution is 2.39. The molecule has 2 aromatic heterocycles. The summed E-state index contributed by atoms with van der Waals surface area (Å²) in [7, 11) is 0. The highest BCUT2D eigenvalue weighted by molar-refractivity contribution is 5.94. The van der Waals surface area contributed by atoms with Crippen LogP contribution in [0.5, 0.6) is 0 Å². The molecule has 0 saturated heterocycles. The Hall–Kier alpha value is -4.19. The lowest BCUT2D eigenvalue weighted by molar-refractivity contribution is 0.0697. The van der Waals surface area contributed by atoms with Crippen LogP contribution in [-0.4, -0.2) is 27.6 Å². The molecule has 3 heterocycles. The highest BCUT2D eigenvalue weighted by atomic mass is 16.4. The number of carbonyl (C=O) groups is 1. The molecule has 0 fully saturated rings. The predicted molar refractivity (Wildman–Crippen MR) is 123 cm³/mol. The molecule has 0 aliphatic carbocycles. The number of carboxylic acids is 1. The smallest absolute Gasteiger partial charge is 0.335 e. The van der Waals surface area contributed by atoms with Gasteiger partial charge in [-0.15, -0.1) is 0 Å². The number of rotatable bonds is 3. The molecule has 1 N–H and O–H groups in total. The summed E-state index contributed by atoms with van der Waals surface area (Å²) in [5.41, 5.74) is 5.15. The Morgan fingerprint density at radius 3 is 2.66 bits per heavy atom. The minimum Gasteiger partial charge on any atom is -0.478 e. The first-order valence-electron chi connectivity index (χ1n) is 10.6. The zero-order chi connectivity index (χ0) is 21.7. The first-order valence-corrected chi connectivity index (χ1v) is 10.6. The van der Waals surface area contributed by atoms with Crippen LogP contribution in [0.3, 0.4) is 0 Å². The largest absolute Gasteiger partial charge is 0.478 e. The minimum absolute atomic E-state index is 0.188. The third kappa shape index (κ3) is 3.00. The average molecular weight is 421 g/mol. The van der Waals surface area contributed by atoms with Gasteiger partial charge in [-0.2, -0.15) is 0 Å². The number of para-hydroxylation sites is 2. The maximum absolute atomic E-state index is 11.5. The van der Waals surface area contributed by atoms with Crippen molar-refractivity contribution in [2.24, 2.45) is 0 Å². The monoisotopic (exact) mass is 421 g/mol. The van der Waals surface area contributed by atoms with Crippen LogP contribution < -0.4 is 4.90 Å². The summed E-state index contributed by atoms with van der Waals surface area (Å²) in [6.45, 7) is 0.795. The fraction of sp³-hybridized carbons (Fsp3) is 0.115. The first kappa shape index (κ1) is 18.6. The zero-order valence-electron chi connectivity index (χ0n) is 17.2. The molecule has 0 spiro atoms. The maximum Gasteiger partial charge on any atom is 0.335 e. The molecular formula is C26H19N3O3. The number of hydrogen-bond donors (Lipinski definition) is 1. The van der Waals surface area contributed by atoms with E-state index in [0.29, 0.717) is 28.3 Å². The molecule has 1 aliphatic heterocycles. The third-order valence-corrected chi connectivity index (χ3v) is 5.92. The second kappa shape index (κ2) is 7.20. The van der Waals surface area contributed by atoms with Crippen molar-refractivity contribution in [1.29, 1.82) is 0 Å². The number of aryl methyl sites for hydroxylation is 1. The van der Waals surface area contributed by atoms with Gasteiger partial charge in [-0.05, 0) is 54.8 Å². The van der Waals surface area contributed by atoms with Crippen LogP contribution in [0, 0.1) is 0 Å². The molecule has 6 nitrogen and oxygen atoms in total. The number of hydrogen-bond acceptors (Lipinski definition) is 5. The Bertz CT molecular complexity index is 1470. The molecule has 0 amide bonds. The lowest BCUT2D eigenvalue weighted by Gasteiger charge is -2.31. The average Bonchev–Trinajstić information content (AvgIpc) is 3.26. The fourth-order valence-electron chi connectivity index (χ4n) is 4.38. The van der Waals surface area contributed by atoms with Crippen LogP contribution in [0.4, 0.5) is 11.5 Å². The van der Waals surface area contributed by atoms with Crippen molar-refractivity contribution >= 4 is 39.5 Å². The van der Waals surface area contributed by atoms with Crippen molar-refractivity contribution in [1.82, 2.24) is 9.97 Å². The molecule has 0 radical (unpaired) electrons. The molecule has 3 aromatic carbocycles. The van der Waals surface area contributed by atoms with Crippen LogP contribution in [0.25, 0.3) is 33.5 Å². The van der Waals surface area contributed by atoms with Gasteiger partial charge < -0.3 is 14.4 Å². The van der Waals surface area contributed by atoms with E-state index in [1.807, 2.05) is 42.5 Å². The van der Waals surface area contributed by atoms with E-state index in [-0.39, 0.29) is 5.56 Å². The summed E-state index contributed by atoms with van der Waals surface area (Å²) in [4.78, 5) is 23.5. The van der Waals surface area contributed by atoms with Crippen molar-refractivity contribution in [2.75, 3.05) is 11.4 Å². The third-order valence-electron chi connectivity index (χ3n) is 5.92. The Kier molecular flexibility index (Phi) is 4.18. The van der Waals surface area contributed by atoms with Gasteiger partial charge in [-0.1, -0.05) is 36.4 Å². The van der Waals surface area contributed by atoms with Crippen LogP contribution in [0.2, 0.25) is 0 Å². The van der Waals surface area contributed by atoms with Gasteiger partial charge in [-0.3, -0.25) is 0 Å². The maximum atomic E-state index is 11.5. The number of furan rings is 1. The van der Waals surface area contributed by atoms with Crippen LogP contribution in [-0.2, 0) is 6.42 Å². The molecular weight excluding hydrogens is 402 g/mol. The lowest BCUT2D eigenvalue weighted by atomic mass is 10.0. The van der Waals surface area contributed by atoms with E-state index in [1.165, 1.54) is 5.56 Å². The summed E-state index contributed by atoms with van der Waals surface area (Å²) < 4.78 is 6.16. The number of aromatic carboxylic acids is 1. The van der Waals surface area contributed by atoms with E-state index >= 15 is 0 Å². The van der Waals surface area contributed by atoms with Crippen molar-refractivity contribution < 1.29 is 14.3 Å². The van der Waals surface area contributed by atoms with E-state index in [0.717, 1.165) is 36.0 Å². The second-order valence-electron chi connectivity index (χ2n) is 7.94. The van der Waals surface area contributed by atoms with Crippen LogP contribution in [0.1, 0.15) is 22.3 Å². The number of carboxylic acid groups (broad SMARTS) is 1. The number of nitrogens with zero attached hydrogens (tertiary/aromatic N) is 3. The minimum atomic E-state index is -0.986. The van der Waals surface area contributed by atoms with Crippen LogP contribution >= 0.6 is 0 Å². The van der Waals surface area contributed by atoms with Gasteiger partial charge >= 0.3 is 5.97 Å². The summed E-state index contributed by atoms with van der Waals surface area (Å²) in [5.74, 6) is 0.326. The summed E-state index contributed by atoms with van der Waals surface area (Å²) in [5, 5.41) is 10.4. The molecule has 0 unspecified atom stereocenters. The van der Waals surface area contributed by atoms with Gasteiger partial charge in [0, 0.05) is 17.6 Å². The SMILES string of the molecule is O=C(O)c1ccc2nc(-c3cc4ccccc4o3)c(N3CCCc4ccccc43)nc2c1. The van der Waals surface area contributed by atoms with E-state index < -0.39 is 5.97 Å². The molecule has 0 saturated carbocycles. The number of fused-ring (bicyclic) bond motifs is 3. The normalized spacial score (nSPS) is 13.4. The van der Waals surface area contributed by atoms with Gasteiger partial charge in [0.1, 0.15) is 11.3 Å². The van der Waals surface area contributed by atoms with E-state index in [9.17, 15) is 9.90 Å². The van der Waals surface area contributed by atoms with Gasteiger partial charge in [0.05, 0.1) is 16.6 Å². The molecule has 0 atom stereocenters. The quantitative estimate of drug-likeness (QED) is 0.395.